The first kappa shape index (κ1) is 14.8. The Bertz CT molecular complexity index is 416. The normalized spacial score (nSPS) is 16.5. The first-order valence-electron chi connectivity index (χ1n) is 6.62. The zero-order valence-electron chi connectivity index (χ0n) is 11.5. The number of carbonyl (C=O) groups excluding carboxylic acids is 1. The van der Waals surface area contributed by atoms with Gasteiger partial charge in [0.1, 0.15) is 0 Å². The molecule has 2 rings (SSSR count). The van der Waals surface area contributed by atoms with Crippen LogP contribution in [0.2, 0.25) is 0 Å². The Kier molecular flexibility index (Phi) is 5.66. The summed E-state index contributed by atoms with van der Waals surface area (Å²) >= 11 is 3.43. The topological polar surface area (TPSA) is 45.2 Å². The predicted octanol–water partition coefficient (Wildman–Crippen LogP) is 1.90. The van der Waals surface area contributed by atoms with Gasteiger partial charge in [-0.15, -0.1) is 23.1 Å². The molecule has 2 heterocycles. The lowest BCUT2D eigenvalue weighted by Gasteiger charge is -2.23. The number of hydrogen-bond acceptors (Lipinski definition) is 5. The molecule has 1 amide bonds. The molecule has 19 heavy (non-hydrogen) atoms. The molecule has 1 saturated heterocycles. The Morgan fingerprint density at radius 1 is 1.58 bits per heavy atom. The van der Waals surface area contributed by atoms with E-state index in [9.17, 15) is 4.79 Å². The third-order valence-corrected chi connectivity index (χ3v) is 5.66. The van der Waals surface area contributed by atoms with Crippen LogP contribution in [0.1, 0.15) is 23.4 Å². The summed E-state index contributed by atoms with van der Waals surface area (Å²) in [5.74, 6) is 0.815. The second kappa shape index (κ2) is 7.26. The summed E-state index contributed by atoms with van der Waals surface area (Å²) in [6.07, 6.45) is 2.35. The molecule has 1 aromatic rings. The highest BCUT2D eigenvalue weighted by molar-refractivity contribution is 8.00. The Balaban J connectivity index is 1.74. The van der Waals surface area contributed by atoms with Crippen LogP contribution in [0.25, 0.3) is 0 Å². The summed E-state index contributed by atoms with van der Waals surface area (Å²) in [6.45, 7) is 4.85. The molecule has 0 saturated carbocycles. The number of aryl methyl sites for hydroxylation is 1. The summed E-state index contributed by atoms with van der Waals surface area (Å²) in [7, 11) is 1.88. The first-order valence-corrected chi connectivity index (χ1v) is 8.55. The number of rotatable bonds is 5. The average molecular weight is 299 g/mol. The fourth-order valence-corrected chi connectivity index (χ4v) is 4.04. The number of piperidine rings is 1. The van der Waals surface area contributed by atoms with Gasteiger partial charge >= 0.3 is 0 Å². The van der Waals surface area contributed by atoms with Gasteiger partial charge < -0.3 is 10.2 Å². The monoisotopic (exact) mass is 299 g/mol. The van der Waals surface area contributed by atoms with E-state index in [-0.39, 0.29) is 5.91 Å². The van der Waals surface area contributed by atoms with Gasteiger partial charge in [0, 0.05) is 17.2 Å². The SMILES string of the molecule is Cc1ncsc1CN(C)C(=O)CSC1CCNCC1. The average Bonchev–Trinajstić information content (AvgIpc) is 2.82. The number of hydrogen-bond donors (Lipinski definition) is 1. The van der Waals surface area contributed by atoms with E-state index < -0.39 is 0 Å². The van der Waals surface area contributed by atoms with Gasteiger partial charge in [-0.2, -0.15) is 0 Å². The summed E-state index contributed by atoms with van der Waals surface area (Å²) < 4.78 is 0. The van der Waals surface area contributed by atoms with Gasteiger partial charge in [0.2, 0.25) is 5.91 Å². The lowest BCUT2D eigenvalue weighted by molar-refractivity contribution is -0.127. The number of carbonyl (C=O) groups is 1. The lowest BCUT2D eigenvalue weighted by Crippen LogP contribution is -2.32. The van der Waals surface area contributed by atoms with Crippen molar-refractivity contribution in [3.8, 4) is 0 Å². The van der Waals surface area contributed by atoms with Gasteiger partial charge in [-0.3, -0.25) is 4.79 Å². The molecule has 1 aliphatic heterocycles. The van der Waals surface area contributed by atoms with Crippen LogP contribution in [-0.2, 0) is 11.3 Å². The second-order valence-corrected chi connectivity index (χ2v) is 7.10. The molecule has 0 radical (unpaired) electrons. The van der Waals surface area contributed by atoms with Crippen LogP contribution in [0.4, 0.5) is 0 Å². The highest BCUT2D eigenvalue weighted by Crippen LogP contribution is 2.21. The molecular formula is C13H21N3OS2. The molecule has 0 aromatic carbocycles. The van der Waals surface area contributed by atoms with E-state index in [1.807, 2.05) is 36.1 Å². The molecule has 0 atom stereocenters. The molecule has 0 spiro atoms. The minimum atomic E-state index is 0.219. The minimum absolute atomic E-state index is 0.219. The summed E-state index contributed by atoms with van der Waals surface area (Å²) in [5, 5.41) is 3.99. The van der Waals surface area contributed by atoms with Gasteiger partial charge in [0.15, 0.2) is 0 Å². The molecule has 1 aromatic heterocycles. The van der Waals surface area contributed by atoms with Crippen molar-refractivity contribution in [1.29, 1.82) is 0 Å². The van der Waals surface area contributed by atoms with Crippen LogP contribution in [0.5, 0.6) is 0 Å². The Morgan fingerprint density at radius 3 is 2.95 bits per heavy atom. The molecular weight excluding hydrogens is 278 g/mol. The van der Waals surface area contributed by atoms with E-state index in [2.05, 4.69) is 10.3 Å². The quantitative estimate of drug-likeness (QED) is 0.902. The van der Waals surface area contributed by atoms with E-state index in [0.717, 1.165) is 18.8 Å². The van der Waals surface area contributed by atoms with Crippen molar-refractivity contribution < 1.29 is 4.79 Å². The molecule has 1 aliphatic rings. The van der Waals surface area contributed by atoms with Crippen LogP contribution in [0, 0.1) is 6.92 Å². The Labute approximate surface area is 123 Å². The number of nitrogens with one attached hydrogen (secondary N) is 1. The van der Waals surface area contributed by atoms with Crippen molar-refractivity contribution in [1.82, 2.24) is 15.2 Å². The molecule has 0 aliphatic carbocycles. The Morgan fingerprint density at radius 2 is 2.32 bits per heavy atom. The molecule has 1 fully saturated rings. The molecule has 1 N–H and O–H groups in total. The van der Waals surface area contributed by atoms with Gasteiger partial charge in [-0.05, 0) is 32.9 Å². The van der Waals surface area contributed by atoms with Gasteiger partial charge in [-0.25, -0.2) is 4.98 Å². The lowest BCUT2D eigenvalue weighted by atomic mass is 10.2. The van der Waals surface area contributed by atoms with E-state index >= 15 is 0 Å². The number of thiazole rings is 1. The van der Waals surface area contributed by atoms with Crippen LogP contribution >= 0.6 is 23.1 Å². The summed E-state index contributed by atoms with van der Waals surface area (Å²) in [6, 6.07) is 0. The van der Waals surface area contributed by atoms with Crippen LogP contribution < -0.4 is 5.32 Å². The van der Waals surface area contributed by atoms with Crippen molar-refractivity contribution in [3.63, 3.8) is 0 Å². The van der Waals surface area contributed by atoms with Crippen molar-refractivity contribution >= 4 is 29.0 Å². The molecule has 106 valence electrons. The van der Waals surface area contributed by atoms with E-state index in [1.165, 1.54) is 17.7 Å². The number of thioether (sulfide) groups is 1. The van der Waals surface area contributed by atoms with Crippen molar-refractivity contribution in [2.24, 2.45) is 0 Å². The standard InChI is InChI=1S/C13H21N3OS2/c1-10-12(19-9-15-10)7-16(2)13(17)8-18-11-3-5-14-6-4-11/h9,11,14H,3-8H2,1-2H3. The first-order chi connectivity index (χ1) is 9.16. The molecule has 0 unspecified atom stereocenters. The van der Waals surface area contributed by atoms with E-state index in [0.29, 0.717) is 17.5 Å². The second-order valence-electron chi connectivity index (χ2n) is 4.87. The fraction of sp³-hybridized carbons (Fsp3) is 0.692. The summed E-state index contributed by atoms with van der Waals surface area (Å²) in [4.78, 5) is 19.3. The number of aromatic nitrogens is 1. The molecule has 0 bridgehead atoms. The maximum atomic E-state index is 12.1. The maximum absolute atomic E-state index is 12.1. The van der Waals surface area contributed by atoms with Gasteiger partial charge in [0.05, 0.1) is 23.5 Å². The zero-order chi connectivity index (χ0) is 13.7. The third kappa shape index (κ3) is 4.47. The largest absolute Gasteiger partial charge is 0.340 e. The smallest absolute Gasteiger partial charge is 0.232 e. The summed E-state index contributed by atoms with van der Waals surface area (Å²) in [5.41, 5.74) is 2.88. The van der Waals surface area contributed by atoms with Crippen molar-refractivity contribution in [2.45, 2.75) is 31.6 Å². The molecule has 6 heteroatoms. The van der Waals surface area contributed by atoms with E-state index in [4.69, 9.17) is 0 Å². The highest BCUT2D eigenvalue weighted by Gasteiger charge is 2.17. The van der Waals surface area contributed by atoms with Crippen LogP contribution in [0.3, 0.4) is 0 Å². The fourth-order valence-electron chi connectivity index (χ4n) is 2.04. The van der Waals surface area contributed by atoms with Gasteiger partial charge in [0.25, 0.3) is 0 Å². The number of nitrogens with zero attached hydrogens (tertiary/aromatic N) is 2. The van der Waals surface area contributed by atoms with Crippen LogP contribution in [-0.4, -0.2) is 46.9 Å². The van der Waals surface area contributed by atoms with Crippen LogP contribution in [0.15, 0.2) is 5.51 Å². The van der Waals surface area contributed by atoms with Crippen molar-refractivity contribution in [3.05, 3.63) is 16.1 Å². The zero-order valence-corrected chi connectivity index (χ0v) is 13.1. The minimum Gasteiger partial charge on any atom is -0.340 e. The third-order valence-electron chi connectivity index (χ3n) is 3.38. The van der Waals surface area contributed by atoms with Crippen molar-refractivity contribution in [2.75, 3.05) is 25.9 Å². The number of amides is 1. The van der Waals surface area contributed by atoms with Gasteiger partial charge in [-0.1, -0.05) is 0 Å². The predicted molar refractivity (Wildman–Crippen MR) is 81.7 cm³/mol. The Hall–Kier alpha value is -0.590. The highest BCUT2D eigenvalue weighted by atomic mass is 32.2. The van der Waals surface area contributed by atoms with E-state index in [1.54, 1.807) is 11.3 Å². The molecule has 4 nitrogen and oxygen atoms in total. The maximum Gasteiger partial charge on any atom is 0.232 e.